The second-order valence-electron chi connectivity index (χ2n) is 5.04. The Balaban J connectivity index is 1.92. The summed E-state index contributed by atoms with van der Waals surface area (Å²) in [4.78, 5) is 11.1. The van der Waals surface area contributed by atoms with Gasteiger partial charge in [-0.15, -0.1) is 0 Å². The van der Waals surface area contributed by atoms with Gasteiger partial charge < -0.3 is 9.84 Å². The molecule has 0 aliphatic heterocycles. The summed E-state index contributed by atoms with van der Waals surface area (Å²) < 4.78 is 30.0. The van der Waals surface area contributed by atoms with Gasteiger partial charge in [-0.2, -0.15) is 8.78 Å². The lowest BCUT2D eigenvalue weighted by Crippen LogP contribution is -2.19. The van der Waals surface area contributed by atoms with Gasteiger partial charge in [-0.1, -0.05) is 46.6 Å². The predicted molar refractivity (Wildman–Crippen MR) is 92.0 cm³/mol. The summed E-state index contributed by atoms with van der Waals surface area (Å²) in [5.74, 6) is -1.00. The standard InChI is InChI=1S/C17H10Cl2F2N2O2/c18-11-5-2-6-12(19)15(11)13-8-14(25-23-13)9-3-1-4-10(7-9)22-17(24)16(20)21/h1-8,16H,(H,22,24). The van der Waals surface area contributed by atoms with Crippen molar-refractivity contribution >= 4 is 34.8 Å². The Bertz CT molecular complexity index is 908. The Morgan fingerprint density at radius 2 is 1.76 bits per heavy atom. The lowest BCUT2D eigenvalue weighted by atomic mass is 10.1. The van der Waals surface area contributed by atoms with Gasteiger partial charge in [0.15, 0.2) is 5.76 Å². The van der Waals surface area contributed by atoms with Crippen LogP contribution in [0.15, 0.2) is 53.1 Å². The summed E-state index contributed by atoms with van der Waals surface area (Å²) in [5, 5.41) is 6.91. The van der Waals surface area contributed by atoms with Gasteiger partial charge in [-0.3, -0.25) is 4.79 Å². The van der Waals surface area contributed by atoms with Gasteiger partial charge in [0.05, 0.1) is 10.0 Å². The zero-order chi connectivity index (χ0) is 18.0. The molecule has 0 fully saturated rings. The van der Waals surface area contributed by atoms with E-state index in [1.54, 1.807) is 36.4 Å². The second-order valence-corrected chi connectivity index (χ2v) is 5.86. The van der Waals surface area contributed by atoms with Crippen molar-refractivity contribution in [3.8, 4) is 22.6 Å². The highest BCUT2D eigenvalue weighted by molar-refractivity contribution is 6.39. The third kappa shape index (κ3) is 3.81. The number of anilines is 1. The number of hydrogen-bond donors (Lipinski definition) is 1. The molecule has 1 amide bonds. The molecule has 8 heteroatoms. The summed E-state index contributed by atoms with van der Waals surface area (Å²) in [6.45, 7) is 0. The summed E-state index contributed by atoms with van der Waals surface area (Å²) in [6, 6.07) is 13.0. The quantitative estimate of drug-likeness (QED) is 0.646. The molecule has 25 heavy (non-hydrogen) atoms. The van der Waals surface area contributed by atoms with Crippen LogP contribution in [0.4, 0.5) is 14.5 Å². The number of benzene rings is 2. The van der Waals surface area contributed by atoms with Crippen LogP contribution in [0.1, 0.15) is 0 Å². The van der Waals surface area contributed by atoms with Gasteiger partial charge in [0.2, 0.25) is 0 Å². The van der Waals surface area contributed by atoms with Crippen LogP contribution in [0.2, 0.25) is 10.0 Å². The molecule has 0 radical (unpaired) electrons. The molecule has 1 aromatic heterocycles. The molecule has 0 atom stereocenters. The summed E-state index contributed by atoms with van der Waals surface area (Å²) >= 11 is 12.3. The zero-order valence-electron chi connectivity index (χ0n) is 12.5. The van der Waals surface area contributed by atoms with Gasteiger partial charge in [0.25, 0.3) is 5.91 Å². The van der Waals surface area contributed by atoms with Crippen molar-refractivity contribution in [1.82, 2.24) is 5.16 Å². The van der Waals surface area contributed by atoms with Crippen LogP contribution in [0.5, 0.6) is 0 Å². The highest BCUT2D eigenvalue weighted by atomic mass is 35.5. The number of rotatable bonds is 4. The van der Waals surface area contributed by atoms with E-state index < -0.39 is 12.3 Å². The minimum atomic E-state index is -3.09. The molecule has 0 saturated heterocycles. The zero-order valence-corrected chi connectivity index (χ0v) is 14.0. The van der Waals surface area contributed by atoms with E-state index >= 15 is 0 Å². The normalized spacial score (nSPS) is 10.9. The monoisotopic (exact) mass is 382 g/mol. The third-order valence-corrected chi connectivity index (χ3v) is 3.97. The van der Waals surface area contributed by atoms with E-state index in [2.05, 4.69) is 10.5 Å². The Hall–Kier alpha value is -2.44. The molecular weight excluding hydrogens is 373 g/mol. The van der Waals surface area contributed by atoms with Crippen LogP contribution in [0.25, 0.3) is 22.6 Å². The SMILES string of the molecule is O=C(Nc1cccc(-c2cc(-c3c(Cl)cccc3Cl)no2)c1)C(F)F. The molecule has 0 spiro atoms. The number of nitrogens with one attached hydrogen (secondary N) is 1. The van der Waals surface area contributed by atoms with Crippen LogP contribution in [-0.4, -0.2) is 17.5 Å². The van der Waals surface area contributed by atoms with Crippen molar-refractivity contribution in [2.24, 2.45) is 0 Å². The third-order valence-electron chi connectivity index (χ3n) is 3.34. The largest absolute Gasteiger partial charge is 0.356 e. The molecule has 1 heterocycles. The molecule has 0 unspecified atom stereocenters. The molecule has 0 aliphatic rings. The van der Waals surface area contributed by atoms with Crippen molar-refractivity contribution in [2.45, 2.75) is 6.43 Å². The fourth-order valence-corrected chi connectivity index (χ4v) is 2.81. The van der Waals surface area contributed by atoms with E-state index in [0.29, 0.717) is 32.6 Å². The van der Waals surface area contributed by atoms with Crippen molar-refractivity contribution in [1.29, 1.82) is 0 Å². The molecule has 0 saturated carbocycles. The topological polar surface area (TPSA) is 55.1 Å². The van der Waals surface area contributed by atoms with Crippen LogP contribution in [0.3, 0.4) is 0 Å². The van der Waals surface area contributed by atoms with Crippen LogP contribution < -0.4 is 5.32 Å². The van der Waals surface area contributed by atoms with E-state index in [4.69, 9.17) is 27.7 Å². The average Bonchev–Trinajstić information content (AvgIpc) is 3.04. The smallest absolute Gasteiger partial charge is 0.315 e. The van der Waals surface area contributed by atoms with Gasteiger partial charge >= 0.3 is 6.43 Å². The molecule has 3 aromatic rings. The predicted octanol–water partition coefficient (Wildman–Crippen LogP) is 5.52. The van der Waals surface area contributed by atoms with E-state index in [1.807, 2.05) is 0 Å². The molecule has 2 aromatic carbocycles. The van der Waals surface area contributed by atoms with Crippen LogP contribution in [0, 0.1) is 0 Å². The first-order valence-corrected chi connectivity index (χ1v) is 7.82. The summed E-state index contributed by atoms with van der Waals surface area (Å²) in [6.07, 6.45) is -3.09. The van der Waals surface area contributed by atoms with Crippen molar-refractivity contribution in [3.63, 3.8) is 0 Å². The second kappa shape index (κ2) is 7.21. The maximum Gasteiger partial charge on any atom is 0.315 e. The van der Waals surface area contributed by atoms with Gasteiger partial charge in [0.1, 0.15) is 5.69 Å². The van der Waals surface area contributed by atoms with E-state index in [9.17, 15) is 13.6 Å². The van der Waals surface area contributed by atoms with Gasteiger partial charge in [-0.05, 0) is 24.3 Å². The van der Waals surface area contributed by atoms with Crippen LogP contribution in [-0.2, 0) is 4.79 Å². The van der Waals surface area contributed by atoms with E-state index in [1.165, 1.54) is 12.1 Å². The number of amides is 1. The number of aromatic nitrogens is 1. The minimum absolute atomic E-state index is 0.219. The molecule has 128 valence electrons. The first kappa shape index (κ1) is 17.4. The number of carbonyl (C=O) groups is 1. The lowest BCUT2D eigenvalue weighted by molar-refractivity contribution is -0.126. The lowest BCUT2D eigenvalue weighted by Gasteiger charge is -2.05. The number of alkyl halides is 2. The fraction of sp³-hybridized carbons (Fsp3) is 0.0588. The molecule has 4 nitrogen and oxygen atoms in total. The number of carbonyl (C=O) groups excluding carboxylic acids is 1. The fourth-order valence-electron chi connectivity index (χ4n) is 2.22. The van der Waals surface area contributed by atoms with E-state index in [0.717, 1.165) is 0 Å². The first-order chi connectivity index (χ1) is 12.0. The highest BCUT2D eigenvalue weighted by Crippen LogP contribution is 2.36. The molecule has 3 rings (SSSR count). The highest BCUT2D eigenvalue weighted by Gasteiger charge is 2.17. The molecular formula is C17H10Cl2F2N2O2. The minimum Gasteiger partial charge on any atom is -0.356 e. The van der Waals surface area contributed by atoms with Crippen molar-refractivity contribution in [2.75, 3.05) is 5.32 Å². The Labute approximate surface area is 151 Å². The Morgan fingerprint density at radius 1 is 1.08 bits per heavy atom. The molecule has 1 N–H and O–H groups in total. The van der Waals surface area contributed by atoms with E-state index in [-0.39, 0.29) is 5.69 Å². The van der Waals surface area contributed by atoms with Crippen LogP contribution >= 0.6 is 23.2 Å². The number of hydrogen-bond acceptors (Lipinski definition) is 3. The summed E-state index contributed by atoms with van der Waals surface area (Å²) in [7, 11) is 0. The molecule has 0 aliphatic carbocycles. The van der Waals surface area contributed by atoms with Gasteiger partial charge in [-0.25, -0.2) is 0 Å². The molecule has 0 bridgehead atoms. The maximum atomic E-state index is 12.3. The van der Waals surface area contributed by atoms with Crippen molar-refractivity contribution < 1.29 is 18.1 Å². The number of halogens is 4. The maximum absolute atomic E-state index is 12.3. The number of nitrogens with zero attached hydrogens (tertiary/aromatic N) is 1. The van der Waals surface area contributed by atoms with Gasteiger partial charge in [0, 0.05) is 22.9 Å². The first-order valence-electron chi connectivity index (χ1n) is 7.06. The Morgan fingerprint density at radius 3 is 2.44 bits per heavy atom. The average molecular weight is 383 g/mol. The Kier molecular flexibility index (Phi) is 5.01. The van der Waals surface area contributed by atoms with Crippen molar-refractivity contribution in [3.05, 3.63) is 58.6 Å². The summed E-state index contributed by atoms with van der Waals surface area (Å²) in [5.41, 5.74) is 1.74.